The molecular weight excluding hydrogens is 228 g/mol. The van der Waals surface area contributed by atoms with E-state index >= 15 is 0 Å². The molecule has 1 saturated carbocycles. The smallest absolute Gasteiger partial charge is 0.387 e. The first-order valence-corrected chi connectivity index (χ1v) is 5.49. The predicted octanol–water partition coefficient (Wildman–Crippen LogP) is 1.64. The van der Waals surface area contributed by atoms with Crippen LogP contribution in [0.15, 0.2) is 24.3 Å². The molecule has 0 atom stereocenters. The van der Waals surface area contributed by atoms with Crippen molar-refractivity contribution in [3.8, 4) is 5.75 Å². The zero-order valence-corrected chi connectivity index (χ0v) is 9.27. The van der Waals surface area contributed by atoms with Crippen molar-refractivity contribution < 1.29 is 18.6 Å². The molecule has 1 aromatic carbocycles. The van der Waals surface area contributed by atoms with Gasteiger partial charge in [-0.25, -0.2) is 0 Å². The standard InChI is InChI=1S/C12H15F2NO2/c13-11(14)17-10-3-1-2-8(4-10)12(7-15)5-9(16)6-12/h1-4,9,11,16H,5-7,15H2. The van der Waals surface area contributed by atoms with Crippen LogP contribution in [0.5, 0.6) is 5.75 Å². The topological polar surface area (TPSA) is 55.5 Å². The van der Waals surface area contributed by atoms with Crippen LogP contribution in [0.4, 0.5) is 8.78 Å². The molecule has 17 heavy (non-hydrogen) atoms. The molecule has 1 fully saturated rings. The van der Waals surface area contributed by atoms with Crippen LogP contribution in [0.25, 0.3) is 0 Å². The van der Waals surface area contributed by atoms with Gasteiger partial charge in [0.1, 0.15) is 5.75 Å². The van der Waals surface area contributed by atoms with Crippen molar-refractivity contribution >= 4 is 0 Å². The molecule has 0 aromatic heterocycles. The number of halogens is 2. The van der Waals surface area contributed by atoms with E-state index in [1.165, 1.54) is 6.07 Å². The Hall–Kier alpha value is -1.20. The van der Waals surface area contributed by atoms with Gasteiger partial charge in [-0.2, -0.15) is 8.78 Å². The predicted molar refractivity (Wildman–Crippen MR) is 59.0 cm³/mol. The molecule has 94 valence electrons. The van der Waals surface area contributed by atoms with E-state index in [1.807, 2.05) is 6.07 Å². The lowest BCUT2D eigenvalue weighted by atomic mass is 9.63. The van der Waals surface area contributed by atoms with E-state index in [-0.39, 0.29) is 17.3 Å². The zero-order valence-electron chi connectivity index (χ0n) is 9.27. The summed E-state index contributed by atoms with van der Waals surface area (Å²) in [4.78, 5) is 0. The fraction of sp³-hybridized carbons (Fsp3) is 0.500. The fourth-order valence-electron chi connectivity index (χ4n) is 2.36. The Kier molecular flexibility index (Phi) is 3.31. The highest BCUT2D eigenvalue weighted by Gasteiger charge is 2.43. The van der Waals surface area contributed by atoms with Crippen LogP contribution in [0.3, 0.4) is 0 Å². The third-order valence-corrected chi connectivity index (χ3v) is 3.32. The molecule has 0 unspecified atom stereocenters. The van der Waals surface area contributed by atoms with Crippen LogP contribution in [0, 0.1) is 0 Å². The molecule has 1 aliphatic rings. The first-order chi connectivity index (χ1) is 8.05. The summed E-state index contributed by atoms with van der Waals surface area (Å²) in [6, 6.07) is 6.55. The zero-order chi connectivity index (χ0) is 12.5. The Labute approximate surface area is 98.2 Å². The van der Waals surface area contributed by atoms with Crippen LogP contribution in [0.2, 0.25) is 0 Å². The minimum absolute atomic E-state index is 0.131. The number of aliphatic hydroxyl groups is 1. The van der Waals surface area contributed by atoms with Crippen molar-refractivity contribution in [3.63, 3.8) is 0 Å². The third kappa shape index (κ3) is 2.40. The number of hydrogen-bond donors (Lipinski definition) is 2. The SMILES string of the molecule is NCC1(c2cccc(OC(F)F)c2)CC(O)C1. The summed E-state index contributed by atoms with van der Waals surface area (Å²) >= 11 is 0. The van der Waals surface area contributed by atoms with Gasteiger partial charge in [-0.3, -0.25) is 0 Å². The van der Waals surface area contributed by atoms with Crippen molar-refractivity contribution in [3.05, 3.63) is 29.8 Å². The lowest BCUT2D eigenvalue weighted by molar-refractivity contribution is -0.0501. The van der Waals surface area contributed by atoms with Crippen LogP contribution in [0.1, 0.15) is 18.4 Å². The Bertz CT molecular complexity index is 392. The molecule has 1 aromatic rings. The van der Waals surface area contributed by atoms with E-state index in [4.69, 9.17) is 5.73 Å². The van der Waals surface area contributed by atoms with Crippen molar-refractivity contribution in [1.82, 2.24) is 0 Å². The highest BCUT2D eigenvalue weighted by atomic mass is 19.3. The molecule has 0 saturated heterocycles. The maximum atomic E-state index is 12.1. The van der Waals surface area contributed by atoms with E-state index in [0.29, 0.717) is 19.4 Å². The lowest BCUT2D eigenvalue weighted by Crippen LogP contribution is -2.49. The molecule has 3 N–H and O–H groups in total. The summed E-state index contributed by atoms with van der Waals surface area (Å²) in [5, 5.41) is 9.38. The van der Waals surface area contributed by atoms with Gasteiger partial charge < -0.3 is 15.6 Å². The molecule has 0 heterocycles. The van der Waals surface area contributed by atoms with E-state index in [9.17, 15) is 13.9 Å². The maximum absolute atomic E-state index is 12.1. The first-order valence-electron chi connectivity index (χ1n) is 5.49. The van der Waals surface area contributed by atoms with Crippen LogP contribution >= 0.6 is 0 Å². The van der Waals surface area contributed by atoms with Crippen molar-refractivity contribution in [2.24, 2.45) is 5.73 Å². The number of ether oxygens (including phenoxy) is 1. The van der Waals surface area contributed by atoms with E-state index in [2.05, 4.69) is 4.74 Å². The molecule has 2 rings (SSSR count). The van der Waals surface area contributed by atoms with Gasteiger partial charge in [-0.1, -0.05) is 12.1 Å². The van der Waals surface area contributed by atoms with Crippen LogP contribution < -0.4 is 10.5 Å². The third-order valence-electron chi connectivity index (χ3n) is 3.32. The highest BCUT2D eigenvalue weighted by molar-refractivity contribution is 5.36. The number of alkyl halides is 2. The van der Waals surface area contributed by atoms with Crippen LogP contribution in [-0.2, 0) is 5.41 Å². The van der Waals surface area contributed by atoms with Gasteiger partial charge in [0.2, 0.25) is 0 Å². The molecule has 1 aliphatic carbocycles. The summed E-state index contributed by atoms with van der Waals surface area (Å²) in [5.41, 5.74) is 6.27. The Balaban J connectivity index is 2.20. The Morgan fingerprint density at radius 2 is 2.18 bits per heavy atom. The second-order valence-corrected chi connectivity index (χ2v) is 4.45. The normalized spacial score (nSPS) is 27.9. The minimum atomic E-state index is -2.83. The molecule has 0 amide bonds. The van der Waals surface area contributed by atoms with Crippen molar-refractivity contribution in [2.45, 2.75) is 31.0 Å². The first kappa shape index (κ1) is 12.3. The Morgan fingerprint density at radius 3 is 2.71 bits per heavy atom. The van der Waals surface area contributed by atoms with Gasteiger partial charge >= 0.3 is 6.61 Å². The summed E-state index contributed by atoms with van der Waals surface area (Å²) in [5.74, 6) is 0.131. The van der Waals surface area contributed by atoms with E-state index < -0.39 is 6.61 Å². The van der Waals surface area contributed by atoms with Crippen molar-refractivity contribution in [1.29, 1.82) is 0 Å². The summed E-state index contributed by atoms with van der Waals surface area (Å²) in [7, 11) is 0. The second-order valence-electron chi connectivity index (χ2n) is 4.45. The number of rotatable bonds is 4. The van der Waals surface area contributed by atoms with Gasteiger partial charge in [-0.15, -0.1) is 0 Å². The lowest BCUT2D eigenvalue weighted by Gasteiger charge is -2.45. The summed E-state index contributed by atoms with van der Waals surface area (Å²) in [6.07, 6.45) is 0.793. The second kappa shape index (κ2) is 4.58. The van der Waals surface area contributed by atoms with E-state index in [0.717, 1.165) is 5.56 Å². The van der Waals surface area contributed by atoms with Gasteiger partial charge in [-0.05, 0) is 30.5 Å². The minimum Gasteiger partial charge on any atom is -0.435 e. The quantitative estimate of drug-likeness (QED) is 0.845. The summed E-state index contributed by atoms with van der Waals surface area (Å²) in [6.45, 7) is -2.44. The molecule has 3 nitrogen and oxygen atoms in total. The summed E-state index contributed by atoms with van der Waals surface area (Å²) < 4.78 is 28.6. The molecule has 0 aliphatic heterocycles. The van der Waals surface area contributed by atoms with Crippen LogP contribution in [-0.4, -0.2) is 24.4 Å². The Morgan fingerprint density at radius 1 is 1.47 bits per heavy atom. The van der Waals surface area contributed by atoms with Crippen molar-refractivity contribution in [2.75, 3.05) is 6.54 Å². The van der Waals surface area contributed by atoms with E-state index in [1.54, 1.807) is 12.1 Å². The monoisotopic (exact) mass is 243 g/mol. The molecular formula is C12H15F2NO2. The van der Waals surface area contributed by atoms with Gasteiger partial charge in [0.25, 0.3) is 0 Å². The average molecular weight is 243 g/mol. The number of nitrogens with two attached hydrogens (primary N) is 1. The number of hydrogen-bond acceptors (Lipinski definition) is 3. The average Bonchev–Trinajstić information content (AvgIpc) is 2.24. The number of aliphatic hydroxyl groups excluding tert-OH is 1. The van der Waals surface area contributed by atoms with Gasteiger partial charge in [0.05, 0.1) is 6.10 Å². The maximum Gasteiger partial charge on any atom is 0.387 e. The number of benzene rings is 1. The molecule has 5 heteroatoms. The largest absolute Gasteiger partial charge is 0.435 e. The van der Waals surface area contributed by atoms with Gasteiger partial charge in [0.15, 0.2) is 0 Å². The fourth-order valence-corrected chi connectivity index (χ4v) is 2.36. The van der Waals surface area contributed by atoms with Gasteiger partial charge in [0, 0.05) is 12.0 Å². The highest BCUT2D eigenvalue weighted by Crippen LogP contribution is 2.43. The molecule has 0 spiro atoms. The molecule has 0 bridgehead atoms. The molecule has 0 radical (unpaired) electrons.